The van der Waals surface area contributed by atoms with Crippen molar-refractivity contribution in [2.45, 2.75) is 18.9 Å². The minimum atomic E-state index is 0.0942. The van der Waals surface area contributed by atoms with E-state index in [2.05, 4.69) is 25.9 Å². The van der Waals surface area contributed by atoms with Gasteiger partial charge in [0.05, 0.1) is 11.7 Å². The summed E-state index contributed by atoms with van der Waals surface area (Å²) >= 11 is 3.43. The fraction of sp³-hybridized carbons (Fsp3) is 0.286. The molecule has 0 spiro atoms. The van der Waals surface area contributed by atoms with Gasteiger partial charge in [0.1, 0.15) is 5.82 Å². The van der Waals surface area contributed by atoms with Gasteiger partial charge in [0.25, 0.3) is 0 Å². The fourth-order valence-electron chi connectivity index (χ4n) is 2.70. The zero-order chi connectivity index (χ0) is 14.1. The van der Waals surface area contributed by atoms with E-state index in [9.17, 15) is 4.79 Å². The number of hydrogen-bond donors (Lipinski definition) is 1. The number of nitrogens with zero attached hydrogens (tertiary/aromatic N) is 2. The predicted molar refractivity (Wildman–Crippen MR) is 84.3 cm³/mol. The summed E-state index contributed by atoms with van der Waals surface area (Å²) in [5, 5.41) is 0. The van der Waals surface area contributed by atoms with Crippen LogP contribution in [0.15, 0.2) is 34.9 Å². The molecule has 1 aliphatic rings. The smallest absolute Gasteiger partial charge is 0.215 e. The molecule has 1 aromatic carbocycles. The predicted octanol–water partition coefficient (Wildman–Crippen LogP) is 2.73. The highest BCUT2D eigenvalue weighted by Gasteiger charge is 2.29. The molecule has 1 fully saturated rings. The lowest BCUT2D eigenvalue weighted by Gasteiger charge is -2.21. The number of aromatic nitrogens is 2. The van der Waals surface area contributed by atoms with Gasteiger partial charge in [0.2, 0.25) is 7.85 Å². The monoisotopic (exact) mass is 331 g/mol. The number of nitrogens with one attached hydrogen (secondary N) is 1. The minimum absolute atomic E-state index is 0.0942. The third-order valence-electron chi connectivity index (χ3n) is 3.71. The largest absolute Gasteiger partial charge is 0.346 e. The number of rotatable bonds is 2. The van der Waals surface area contributed by atoms with Crippen LogP contribution in [0.2, 0.25) is 0 Å². The Kier molecular flexibility index (Phi) is 3.65. The first-order valence-electron chi connectivity index (χ1n) is 6.73. The number of benzene rings is 1. The van der Waals surface area contributed by atoms with Gasteiger partial charge in [-0.05, 0) is 25.0 Å². The van der Waals surface area contributed by atoms with Crippen molar-refractivity contribution in [1.29, 1.82) is 0 Å². The second-order valence-corrected chi connectivity index (χ2v) is 5.96. The molecule has 0 unspecified atom stereocenters. The average Bonchev–Trinajstić information content (AvgIpc) is 3.08. The Morgan fingerprint density at radius 2 is 2.15 bits per heavy atom. The molecule has 3 rings (SSSR count). The van der Waals surface area contributed by atoms with Crippen molar-refractivity contribution < 1.29 is 4.79 Å². The van der Waals surface area contributed by atoms with E-state index in [4.69, 9.17) is 0 Å². The number of hydrogen-bond acceptors (Lipinski definition) is 2. The third-order valence-corrected chi connectivity index (χ3v) is 4.24. The van der Waals surface area contributed by atoms with Gasteiger partial charge in [-0.25, -0.2) is 4.98 Å². The molecular weight excluding hydrogens is 317 g/mol. The van der Waals surface area contributed by atoms with Crippen LogP contribution in [-0.4, -0.2) is 35.1 Å². The zero-order valence-corrected chi connectivity index (χ0v) is 12.9. The van der Waals surface area contributed by atoms with Gasteiger partial charge in [-0.3, -0.25) is 4.79 Å². The van der Waals surface area contributed by atoms with E-state index in [1.807, 2.05) is 35.4 Å². The first-order chi connectivity index (χ1) is 9.65. The molecule has 4 nitrogen and oxygen atoms in total. The van der Waals surface area contributed by atoms with Crippen molar-refractivity contribution in [3.8, 4) is 11.3 Å². The summed E-state index contributed by atoms with van der Waals surface area (Å²) in [4.78, 5) is 21.4. The molecule has 0 saturated carbocycles. The third kappa shape index (κ3) is 2.52. The summed E-state index contributed by atoms with van der Waals surface area (Å²) in [5.74, 6) is 1.00. The molecule has 1 N–H and O–H groups in total. The molecule has 1 atom stereocenters. The van der Waals surface area contributed by atoms with Crippen molar-refractivity contribution in [2.75, 3.05) is 6.54 Å². The molecule has 2 aromatic rings. The van der Waals surface area contributed by atoms with Crippen LogP contribution in [0.4, 0.5) is 4.79 Å². The molecule has 1 saturated heterocycles. The van der Waals surface area contributed by atoms with Crippen molar-refractivity contribution in [2.24, 2.45) is 0 Å². The van der Waals surface area contributed by atoms with Crippen LogP contribution in [-0.2, 0) is 0 Å². The van der Waals surface area contributed by atoms with Gasteiger partial charge in [-0.1, -0.05) is 28.1 Å². The van der Waals surface area contributed by atoms with E-state index in [-0.39, 0.29) is 11.8 Å². The van der Waals surface area contributed by atoms with Crippen LogP contribution in [0, 0.1) is 0 Å². The number of halogens is 1. The normalized spacial score (nSPS) is 18.4. The Balaban J connectivity index is 1.86. The summed E-state index contributed by atoms with van der Waals surface area (Å²) in [6, 6.07) is 8.15. The Labute approximate surface area is 127 Å². The lowest BCUT2D eigenvalue weighted by molar-refractivity contribution is 0.215. The highest BCUT2D eigenvalue weighted by molar-refractivity contribution is 9.10. The molecule has 1 aliphatic heterocycles. The van der Waals surface area contributed by atoms with E-state index in [1.54, 1.807) is 7.85 Å². The maximum absolute atomic E-state index is 11.6. The average molecular weight is 332 g/mol. The number of imidazole rings is 1. The second kappa shape index (κ2) is 5.44. The Bertz CT molecular complexity index is 626. The molecule has 1 amide bonds. The van der Waals surface area contributed by atoms with Gasteiger partial charge in [-0.15, -0.1) is 0 Å². The highest BCUT2D eigenvalue weighted by Crippen LogP contribution is 2.31. The van der Waals surface area contributed by atoms with Crippen molar-refractivity contribution in [3.05, 3.63) is 40.8 Å². The van der Waals surface area contributed by atoms with E-state index in [0.29, 0.717) is 0 Å². The molecule has 6 heteroatoms. The standard InChI is InChI=1S/C14H15BBrN3O/c15-14(20)19-7-1-2-12(19)13-17-8-11(18-13)9-3-5-10(16)6-4-9/h3-6,8,12H,1-2,7,15H2,(H,17,18)/t12-/m0/s1. The molecule has 2 heterocycles. The number of H-pyrrole nitrogens is 1. The Morgan fingerprint density at radius 1 is 1.40 bits per heavy atom. The molecule has 102 valence electrons. The van der Waals surface area contributed by atoms with E-state index < -0.39 is 0 Å². The summed E-state index contributed by atoms with van der Waals surface area (Å²) in [6.45, 7) is 0.828. The molecule has 0 aliphatic carbocycles. The number of aromatic amines is 1. The van der Waals surface area contributed by atoms with Gasteiger partial charge in [0.15, 0.2) is 5.81 Å². The fourth-order valence-corrected chi connectivity index (χ4v) is 2.97. The van der Waals surface area contributed by atoms with Crippen LogP contribution in [0.3, 0.4) is 0 Å². The maximum Gasteiger partial charge on any atom is 0.215 e. The summed E-state index contributed by atoms with van der Waals surface area (Å²) < 4.78 is 1.05. The highest BCUT2D eigenvalue weighted by atomic mass is 79.9. The minimum Gasteiger partial charge on any atom is -0.346 e. The van der Waals surface area contributed by atoms with E-state index >= 15 is 0 Å². The molecular formula is C14H15BBrN3O. The van der Waals surface area contributed by atoms with Gasteiger partial charge >= 0.3 is 0 Å². The van der Waals surface area contributed by atoms with Crippen LogP contribution in [0.25, 0.3) is 11.3 Å². The van der Waals surface area contributed by atoms with Gasteiger partial charge in [0, 0.05) is 22.8 Å². The van der Waals surface area contributed by atoms with Crippen LogP contribution >= 0.6 is 15.9 Å². The second-order valence-electron chi connectivity index (χ2n) is 5.05. The Hall–Kier alpha value is -1.56. The lowest BCUT2D eigenvalue weighted by Crippen LogP contribution is -2.29. The van der Waals surface area contributed by atoms with E-state index in [0.717, 1.165) is 40.9 Å². The van der Waals surface area contributed by atoms with Crippen molar-refractivity contribution in [1.82, 2.24) is 14.9 Å². The molecule has 0 bridgehead atoms. The van der Waals surface area contributed by atoms with E-state index in [1.165, 1.54) is 0 Å². The number of carbonyl (C=O) groups excluding carboxylic acids is 1. The van der Waals surface area contributed by atoms with Gasteiger partial charge in [-0.2, -0.15) is 0 Å². The number of carbonyl (C=O) groups is 1. The quantitative estimate of drug-likeness (QED) is 0.860. The maximum atomic E-state index is 11.6. The van der Waals surface area contributed by atoms with Gasteiger partial charge < -0.3 is 9.88 Å². The lowest BCUT2D eigenvalue weighted by atomic mass is 10.1. The molecule has 0 radical (unpaired) electrons. The van der Waals surface area contributed by atoms with Crippen LogP contribution < -0.4 is 0 Å². The van der Waals surface area contributed by atoms with Crippen LogP contribution in [0.5, 0.6) is 0 Å². The number of likely N-dealkylation sites (tertiary alicyclic amines) is 1. The first-order valence-corrected chi connectivity index (χ1v) is 7.53. The zero-order valence-electron chi connectivity index (χ0n) is 11.3. The first kappa shape index (κ1) is 13.4. The Morgan fingerprint density at radius 3 is 2.85 bits per heavy atom. The summed E-state index contributed by atoms with van der Waals surface area (Å²) in [6.07, 6.45) is 3.93. The van der Waals surface area contributed by atoms with Crippen molar-refractivity contribution >= 4 is 29.6 Å². The SMILES string of the molecule is BC(=O)N1CCC[C@H]1c1nc(-c2ccc(Br)cc2)c[nH]1. The van der Waals surface area contributed by atoms with Crippen molar-refractivity contribution in [3.63, 3.8) is 0 Å². The summed E-state index contributed by atoms with van der Waals surface area (Å²) in [7, 11) is 1.62. The van der Waals surface area contributed by atoms with Crippen LogP contribution in [0.1, 0.15) is 24.7 Å². The molecule has 1 aromatic heterocycles. The topological polar surface area (TPSA) is 49.0 Å². The number of amides is 1. The summed E-state index contributed by atoms with van der Waals surface area (Å²) in [5.41, 5.74) is 1.99. The molecule has 20 heavy (non-hydrogen) atoms.